The van der Waals surface area contributed by atoms with Crippen molar-refractivity contribution >= 4 is 13.7 Å². The van der Waals surface area contributed by atoms with E-state index in [1.807, 2.05) is 27.2 Å². The van der Waals surface area contributed by atoms with E-state index in [0.29, 0.717) is 17.4 Å². The number of nitrogens with zero attached hydrogens (tertiary/aromatic N) is 1. The van der Waals surface area contributed by atoms with E-state index in [0.717, 1.165) is 57.8 Å². The Bertz CT molecular complexity index is 1290. The first-order chi connectivity index (χ1) is 34.5. The van der Waals surface area contributed by atoms with Crippen LogP contribution in [0, 0.1) is 0 Å². The lowest BCUT2D eigenvalue weighted by atomic mass is 10.0. The molecule has 418 valence electrons. The molecule has 0 aromatic rings. The van der Waals surface area contributed by atoms with Crippen molar-refractivity contribution in [3.8, 4) is 0 Å². The SMILES string of the molecule is CCCCCCC/C=C\C/C=C\C/C=C\CCCCCCCCCCC(=O)NC(COP(=O)(O)OCC[N+](C)(C)C)C(O)/C=C/CCCCCCCCCCCCCCCCCCCCCCCCCC. The minimum Gasteiger partial charge on any atom is -0.387 e. The molecule has 3 atom stereocenters. The van der Waals surface area contributed by atoms with Crippen LogP contribution in [0.4, 0.5) is 0 Å². The van der Waals surface area contributed by atoms with Crippen molar-refractivity contribution in [3.05, 3.63) is 48.6 Å². The molecule has 8 nitrogen and oxygen atoms in total. The number of aliphatic hydroxyl groups excluding tert-OH is 1. The van der Waals surface area contributed by atoms with Crippen LogP contribution in [0.15, 0.2) is 48.6 Å². The summed E-state index contributed by atoms with van der Waals surface area (Å²) in [7, 11) is 1.57. The standard InChI is InChI=1S/C62H119N2O6P/c1-6-8-10-12-14-16-18-20-22-24-26-28-30-31-32-34-35-37-39-41-43-45-47-49-51-53-55-61(65)60(59-70-71(67,68)69-58-57-64(3,4)5)63-62(66)56-54-52-50-48-46-44-42-40-38-36-33-29-27-25-23-21-19-17-15-13-11-9-7-2/h19,21,25,27,33,36,53,55,60-61,65H,6-18,20,22-24,26,28-32,34-35,37-52,54,56-59H2,1-5H3,(H-,63,66,67,68)/p+1/b21-19-,27-25-,36-33-,55-53+. The number of likely N-dealkylation sites (N-methyl/N-ethyl adjacent to an activating group) is 1. The second-order valence-corrected chi connectivity index (χ2v) is 23.5. The minimum absolute atomic E-state index is 0.0592. The van der Waals surface area contributed by atoms with Crippen molar-refractivity contribution in [1.29, 1.82) is 0 Å². The molecule has 3 N–H and O–H groups in total. The van der Waals surface area contributed by atoms with Crippen LogP contribution in [0.25, 0.3) is 0 Å². The zero-order valence-corrected chi connectivity index (χ0v) is 48.6. The van der Waals surface area contributed by atoms with E-state index in [2.05, 4.69) is 55.6 Å². The third-order valence-electron chi connectivity index (χ3n) is 13.8. The predicted octanol–water partition coefficient (Wildman–Crippen LogP) is 18.7. The number of phosphoric acid groups is 1. The van der Waals surface area contributed by atoms with E-state index < -0.39 is 20.0 Å². The Morgan fingerprint density at radius 2 is 0.803 bits per heavy atom. The van der Waals surface area contributed by atoms with Gasteiger partial charge in [0.05, 0.1) is 39.9 Å². The fourth-order valence-corrected chi connectivity index (χ4v) is 9.73. The van der Waals surface area contributed by atoms with Crippen LogP contribution in [0.1, 0.15) is 290 Å². The number of amides is 1. The van der Waals surface area contributed by atoms with Crippen molar-refractivity contribution in [2.24, 2.45) is 0 Å². The van der Waals surface area contributed by atoms with Crippen LogP contribution >= 0.6 is 7.82 Å². The number of carbonyl (C=O) groups is 1. The smallest absolute Gasteiger partial charge is 0.387 e. The highest BCUT2D eigenvalue weighted by molar-refractivity contribution is 7.47. The van der Waals surface area contributed by atoms with Gasteiger partial charge in [0.15, 0.2) is 0 Å². The molecular weight excluding hydrogens is 900 g/mol. The average molecular weight is 1020 g/mol. The zero-order chi connectivity index (χ0) is 52.0. The lowest BCUT2D eigenvalue weighted by molar-refractivity contribution is -0.870. The van der Waals surface area contributed by atoms with Crippen LogP contribution in [0.5, 0.6) is 0 Å². The number of hydrogen-bond acceptors (Lipinski definition) is 5. The van der Waals surface area contributed by atoms with Gasteiger partial charge in [-0.2, -0.15) is 0 Å². The number of carbonyl (C=O) groups excluding carboxylic acids is 1. The summed E-state index contributed by atoms with van der Waals surface area (Å²) in [6, 6.07) is -0.853. The van der Waals surface area contributed by atoms with Crippen LogP contribution < -0.4 is 5.32 Å². The average Bonchev–Trinajstić information content (AvgIpc) is 3.33. The monoisotopic (exact) mass is 1020 g/mol. The summed E-state index contributed by atoms with van der Waals surface area (Å²) in [6.07, 6.45) is 70.7. The summed E-state index contributed by atoms with van der Waals surface area (Å²) in [6.45, 7) is 4.83. The summed E-state index contributed by atoms with van der Waals surface area (Å²) in [5.41, 5.74) is 0. The Kier molecular flexibility index (Phi) is 52.1. The van der Waals surface area contributed by atoms with Crippen molar-refractivity contribution in [2.45, 2.75) is 302 Å². The van der Waals surface area contributed by atoms with Crippen LogP contribution in [-0.2, 0) is 18.4 Å². The predicted molar refractivity (Wildman–Crippen MR) is 309 cm³/mol. The highest BCUT2D eigenvalue weighted by Gasteiger charge is 2.27. The van der Waals surface area contributed by atoms with E-state index in [9.17, 15) is 19.4 Å². The molecular formula is C62H120N2O6P+. The molecule has 0 aliphatic heterocycles. The molecule has 9 heteroatoms. The number of allylic oxidation sites excluding steroid dienone is 7. The van der Waals surface area contributed by atoms with Gasteiger partial charge in [0, 0.05) is 6.42 Å². The number of unbranched alkanes of at least 4 members (excludes halogenated alkanes) is 37. The van der Waals surface area contributed by atoms with Gasteiger partial charge >= 0.3 is 7.82 Å². The summed E-state index contributed by atoms with van der Waals surface area (Å²) in [5.74, 6) is -0.182. The fraction of sp³-hybridized carbons (Fsp3) is 0.855. The van der Waals surface area contributed by atoms with Gasteiger partial charge in [-0.05, 0) is 57.8 Å². The maximum atomic E-state index is 13.0. The topological polar surface area (TPSA) is 105 Å². The maximum Gasteiger partial charge on any atom is 0.472 e. The van der Waals surface area contributed by atoms with E-state index >= 15 is 0 Å². The molecule has 0 aromatic heterocycles. The molecule has 1 amide bonds. The number of nitrogens with one attached hydrogen (secondary N) is 1. The molecule has 0 spiro atoms. The molecule has 0 fully saturated rings. The quantitative estimate of drug-likeness (QED) is 0.0243. The third kappa shape index (κ3) is 56.0. The van der Waals surface area contributed by atoms with Gasteiger partial charge in [-0.3, -0.25) is 13.8 Å². The molecule has 0 saturated carbocycles. The number of phosphoric ester groups is 1. The number of quaternary nitrogens is 1. The Morgan fingerprint density at radius 3 is 1.17 bits per heavy atom. The first-order valence-electron chi connectivity index (χ1n) is 30.5. The van der Waals surface area contributed by atoms with Gasteiger partial charge in [0.2, 0.25) is 5.91 Å². The van der Waals surface area contributed by atoms with E-state index in [1.54, 1.807) is 6.08 Å². The molecule has 0 bridgehead atoms. The lowest BCUT2D eigenvalue weighted by Gasteiger charge is -2.25. The summed E-state index contributed by atoms with van der Waals surface area (Å²) in [5, 5.41) is 14.0. The van der Waals surface area contributed by atoms with E-state index in [1.165, 1.54) is 212 Å². The first kappa shape index (κ1) is 69.5. The second-order valence-electron chi connectivity index (χ2n) is 22.1. The van der Waals surface area contributed by atoms with Crippen LogP contribution in [0.3, 0.4) is 0 Å². The summed E-state index contributed by atoms with van der Waals surface area (Å²) >= 11 is 0. The van der Waals surface area contributed by atoms with Crippen LogP contribution in [0.2, 0.25) is 0 Å². The molecule has 0 saturated heterocycles. The Morgan fingerprint density at radius 1 is 0.479 bits per heavy atom. The fourth-order valence-electron chi connectivity index (χ4n) is 8.99. The molecule has 0 rings (SSSR count). The largest absolute Gasteiger partial charge is 0.472 e. The van der Waals surface area contributed by atoms with Crippen molar-refractivity contribution in [1.82, 2.24) is 5.32 Å². The maximum absolute atomic E-state index is 13.0. The number of aliphatic hydroxyl groups is 1. The van der Waals surface area contributed by atoms with E-state index in [4.69, 9.17) is 9.05 Å². The lowest BCUT2D eigenvalue weighted by Crippen LogP contribution is -2.45. The Balaban J connectivity index is 4.20. The second kappa shape index (κ2) is 53.3. The highest BCUT2D eigenvalue weighted by atomic mass is 31.2. The first-order valence-corrected chi connectivity index (χ1v) is 32.0. The molecule has 71 heavy (non-hydrogen) atoms. The molecule has 0 radical (unpaired) electrons. The molecule has 0 aromatic carbocycles. The van der Waals surface area contributed by atoms with Gasteiger partial charge in [0.1, 0.15) is 13.2 Å². The highest BCUT2D eigenvalue weighted by Crippen LogP contribution is 2.43. The van der Waals surface area contributed by atoms with Gasteiger partial charge in [0.25, 0.3) is 0 Å². The molecule has 0 aliphatic rings. The molecule has 0 heterocycles. The summed E-state index contributed by atoms with van der Waals surface area (Å²) < 4.78 is 23.7. The molecule has 3 unspecified atom stereocenters. The van der Waals surface area contributed by atoms with Gasteiger partial charge < -0.3 is 19.8 Å². The van der Waals surface area contributed by atoms with Crippen LogP contribution in [-0.4, -0.2) is 73.4 Å². The van der Waals surface area contributed by atoms with Gasteiger partial charge in [-0.25, -0.2) is 4.57 Å². The zero-order valence-electron chi connectivity index (χ0n) is 47.7. The normalized spacial score (nSPS) is 14.2. The van der Waals surface area contributed by atoms with Crippen molar-refractivity contribution in [2.75, 3.05) is 40.9 Å². The molecule has 0 aliphatic carbocycles. The van der Waals surface area contributed by atoms with Crippen molar-refractivity contribution < 1.29 is 32.9 Å². The summed E-state index contributed by atoms with van der Waals surface area (Å²) in [4.78, 5) is 23.3. The Hall–Kier alpha value is -1.54. The van der Waals surface area contributed by atoms with Gasteiger partial charge in [-0.15, -0.1) is 0 Å². The van der Waals surface area contributed by atoms with E-state index in [-0.39, 0.29) is 19.1 Å². The third-order valence-corrected chi connectivity index (χ3v) is 14.8. The van der Waals surface area contributed by atoms with Crippen molar-refractivity contribution in [3.63, 3.8) is 0 Å². The van der Waals surface area contributed by atoms with Gasteiger partial charge in [-0.1, -0.05) is 274 Å². The minimum atomic E-state index is -4.35. The Labute approximate surface area is 441 Å². The number of rotatable bonds is 56. The number of hydrogen-bond donors (Lipinski definition) is 3.